The molecular formula is C23H38N4O3S. The Morgan fingerprint density at radius 1 is 1.29 bits per heavy atom. The second-order valence-corrected chi connectivity index (χ2v) is 9.37. The molecule has 0 radical (unpaired) electrons. The van der Waals surface area contributed by atoms with Crippen molar-refractivity contribution in [2.24, 2.45) is 5.41 Å². The lowest BCUT2D eigenvalue weighted by molar-refractivity contribution is -0.132. The number of aromatic nitrogens is 1. The second kappa shape index (κ2) is 14.0. The van der Waals surface area contributed by atoms with Crippen molar-refractivity contribution in [1.82, 2.24) is 21.4 Å². The largest absolute Gasteiger partial charge is 0.391 e. The molecule has 7 nitrogen and oxygen atoms in total. The van der Waals surface area contributed by atoms with Gasteiger partial charge in [0.25, 0.3) is 0 Å². The minimum absolute atomic E-state index is 0. The van der Waals surface area contributed by atoms with E-state index >= 15 is 0 Å². The predicted octanol–water partition coefficient (Wildman–Crippen LogP) is 3.83. The van der Waals surface area contributed by atoms with E-state index in [1.165, 1.54) is 16.0 Å². The van der Waals surface area contributed by atoms with E-state index in [-0.39, 0.29) is 23.6 Å². The van der Waals surface area contributed by atoms with E-state index in [9.17, 15) is 9.90 Å². The first kappa shape index (κ1) is 28.9. The Bertz CT molecular complexity index is 772. The molecule has 3 rings (SSSR count). The Morgan fingerprint density at radius 3 is 2.32 bits per heavy atom. The van der Waals surface area contributed by atoms with E-state index in [0.29, 0.717) is 13.0 Å². The van der Waals surface area contributed by atoms with Gasteiger partial charge in [-0.3, -0.25) is 4.79 Å². The van der Waals surface area contributed by atoms with E-state index in [1.807, 2.05) is 26.3 Å². The number of carbonyl (C=O) groups is 2. The highest BCUT2D eigenvalue weighted by Crippen LogP contribution is 2.27. The van der Waals surface area contributed by atoms with Gasteiger partial charge in [0.05, 0.1) is 22.2 Å². The van der Waals surface area contributed by atoms with Crippen molar-refractivity contribution in [2.75, 3.05) is 20.1 Å². The number of aliphatic hydroxyl groups excluding tert-OH is 1. The topological polar surface area (TPSA) is 118 Å². The summed E-state index contributed by atoms with van der Waals surface area (Å²) in [5.74, 6) is 0.170. The summed E-state index contributed by atoms with van der Waals surface area (Å²) >= 11 is 1.70. The van der Waals surface area contributed by atoms with Crippen molar-refractivity contribution < 1.29 is 14.7 Å². The van der Waals surface area contributed by atoms with Crippen LogP contribution in [0.3, 0.4) is 0 Å². The number of hydrogen-bond acceptors (Lipinski definition) is 7. The Kier molecular flexibility index (Phi) is 13.1. The molecule has 5 N–H and O–H groups in total. The fourth-order valence-corrected chi connectivity index (χ4v) is 3.90. The highest BCUT2D eigenvalue weighted by molar-refractivity contribution is 7.13. The minimum Gasteiger partial charge on any atom is -0.391 e. The number of thiazole rings is 1. The average molecular weight is 451 g/mol. The molecule has 1 unspecified atom stereocenters. The van der Waals surface area contributed by atoms with Gasteiger partial charge in [-0.15, -0.1) is 11.3 Å². The van der Waals surface area contributed by atoms with Gasteiger partial charge in [-0.1, -0.05) is 45.0 Å². The molecule has 0 bridgehead atoms. The van der Waals surface area contributed by atoms with Crippen molar-refractivity contribution >= 4 is 24.0 Å². The first-order valence-corrected chi connectivity index (χ1v) is 11.0. The van der Waals surface area contributed by atoms with E-state index in [2.05, 4.69) is 55.3 Å². The van der Waals surface area contributed by atoms with Crippen LogP contribution in [-0.4, -0.2) is 53.9 Å². The molecule has 8 heteroatoms. The smallest absolute Gasteiger partial charge is 0.223 e. The van der Waals surface area contributed by atoms with Crippen molar-refractivity contribution in [3.05, 3.63) is 41.0 Å². The van der Waals surface area contributed by atoms with Gasteiger partial charge in [-0.05, 0) is 36.9 Å². The number of aliphatic hydroxyl groups is 1. The number of hydrogen-bond donors (Lipinski definition) is 3. The average Bonchev–Trinajstić information content (AvgIpc) is 3.32. The van der Waals surface area contributed by atoms with Crippen LogP contribution in [0.5, 0.6) is 0 Å². The number of nitrogens with one attached hydrogen (secondary N) is 1. The number of likely N-dealkylation sites (tertiary alicyclic amines) is 1. The summed E-state index contributed by atoms with van der Waals surface area (Å²) in [6, 6.07) is 8.64. The SMILES string of the molecule is C=O.CC(C)(C)CC(=O)N1CCC(O)C1.CNCc1ccc(-c2scnc2C)cc1.N. The fraction of sp³-hybridized carbons (Fsp3) is 0.522. The maximum Gasteiger partial charge on any atom is 0.223 e. The van der Waals surface area contributed by atoms with Crippen molar-refractivity contribution in [3.63, 3.8) is 0 Å². The van der Waals surface area contributed by atoms with Gasteiger partial charge in [0, 0.05) is 26.1 Å². The summed E-state index contributed by atoms with van der Waals surface area (Å²) in [6.07, 6.45) is 0.999. The van der Waals surface area contributed by atoms with Crippen LogP contribution in [0, 0.1) is 12.3 Å². The molecule has 0 saturated carbocycles. The Labute approximate surface area is 190 Å². The summed E-state index contributed by atoms with van der Waals surface area (Å²) < 4.78 is 0. The highest BCUT2D eigenvalue weighted by Gasteiger charge is 2.27. The van der Waals surface area contributed by atoms with Crippen molar-refractivity contribution in [1.29, 1.82) is 0 Å². The molecule has 0 spiro atoms. The molecule has 1 aliphatic heterocycles. The van der Waals surface area contributed by atoms with Gasteiger partial charge in [0.1, 0.15) is 6.79 Å². The summed E-state index contributed by atoms with van der Waals surface area (Å²) in [6.45, 7) is 12.4. The van der Waals surface area contributed by atoms with Crippen LogP contribution in [0.4, 0.5) is 0 Å². The van der Waals surface area contributed by atoms with E-state index in [4.69, 9.17) is 4.79 Å². The van der Waals surface area contributed by atoms with Gasteiger partial charge in [-0.2, -0.15) is 0 Å². The van der Waals surface area contributed by atoms with Crippen LogP contribution >= 0.6 is 11.3 Å². The third kappa shape index (κ3) is 10.1. The number of nitrogens with zero attached hydrogens (tertiary/aromatic N) is 2. The number of β-amino-alcohol motifs (C(OH)–C–C–N with tert-alkyl or cyclic N) is 1. The Hall–Kier alpha value is -2.13. The molecule has 1 aromatic heterocycles. The first-order chi connectivity index (χ1) is 14.2. The van der Waals surface area contributed by atoms with Gasteiger partial charge >= 0.3 is 0 Å². The molecule has 2 aromatic rings. The van der Waals surface area contributed by atoms with E-state index in [1.54, 1.807) is 16.2 Å². The van der Waals surface area contributed by atoms with Gasteiger partial charge < -0.3 is 26.3 Å². The third-order valence-corrected chi connectivity index (χ3v) is 5.52. The summed E-state index contributed by atoms with van der Waals surface area (Å²) in [7, 11) is 1.96. The summed E-state index contributed by atoms with van der Waals surface area (Å²) in [5, 5.41) is 12.4. The quantitative estimate of drug-likeness (QED) is 0.651. The highest BCUT2D eigenvalue weighted by atomic mass is 32.1. The molecule has 1 saturated heterocycles. The Morgan fingerprint density at radius 2 is 1.90 bits per heavy atom. The standard InChI is InChI=1S/C12H14N2S.C10H19NO2.CH2O.H3N/c1-9-12(15-8-14-9)11-5-3-10(4-6-11)7-13-2;1-10(2,3)6-9(13)11-5-4-8(12)7-11;1-2;/h3-6,8,13H,7H2,1-2H3;8,12H,4-7H2,1-3H3;1H2;1H3. The van der Waals surface area contributed by atoms with E-state index in [0.717, 1.165) is 25.2 Å². The summed E-state index contributed by atoms with van der Waals surface area (Å²) in [4.78, 5) is 26.9. The lowest BCUT2D eigenvalue weighted by atomic mass is 9.92. The normalized spacial score (nSPS) is 15.2. The number of rotatable bonds is 4. The number of benzene rings is 1. The zero-order valence-electron chi connectivity index (χ0n) is 19.5. The molecule has 1 aliphatic rings. The monoisotopic (exact) mass is 450 g/mol. The number of aryl methyl sites for hydroxylation is 1. The van der Waals surface area contributed by atoms with Crippen LogP contribution in [0.1, 0.15) is 44.9 Å². The van der Waals surface area contributed by atoms with Gasteiger partial charge in [0.15, 0.2) is 0 Å². The number of amides is 1. The van der Waals surface area contributed by atoms with Crippen LogP contribution in [0.2, 0.25) is 0 Å². The maximum absolute atomic E-state index is 11.6. The Balaban J connectivity index is 0.000000527. The zero-order valence-corrected chi connectivity index (χ0v) is 20.3. The molecule has 174 valence electrons. The lowest BCUT2D eigenvalue weighted by Gasteiger charge is -2.22. The molecule has 1 fully saturated rings. The maximum atomic E-state index is 11.6. The molecule has 1 atom stereocenters. The molecule has 1 amide bonds. The minimum atomic E-state index is -0.302. The van der Waals surface area contributed by atoms with Crippen LogP contribution in [0.25, 0.3) is 10.4 Å². The van der Waals surface area contributed by atoms with Gasteiger partial charge in [-0.25, -0.2) is 4.98 Å². The van der Waals surface area contributed by atoms with Crippen LogP contribution in [-0.2, 0) is 16.1 Å². The molecular weight excluding hydrogens is 412 g/mol. The third-order valence-electron chi connectivity index (χ3n) is 4.54. The van der Waals surface area contributed by atoms with Gasteiger partial charge in [0.2, 0.25) is 5.91 Å². The molecule has 0 aliphatic carbocycles. The molecule has 2 heterocycles. The lowest BCUT2D eigenvalue weighted by Crippen LogP contribution is -2.32. The number of carbonyl (C=O) groups excluding carboxylic acids is 2. The first-order valence-electron chi connectivity index (χ1n) is 10.1. The second-order valence-electron chi connectivity index (χ2n) is 8.51. The zero-order chi connectivity index (χ0) is 22.7. The van der Waals surface area contributed by atoms with Crippen molar-refractivity contribution in [2.45, 2.75) is 53.2 Å². The van der Waals surface area contributed by atoms with E-state index < -0.39 is 0 Å². The molecule has 1 aromatic carbocycles. The molecule has 31 heavy (non-hydrogen) atoms. The van der Waals surface area contributed by atoms with Crippen LogP contribution < -0.4 is 11.5 Å². The van der Waals surface area contributed by atoms with Crippen molar-refractivity contribution in [3.8, 4) is 10.4 Å². The summed E-state index contributed by atoms with van der Waals surface area (Å²) in [5.41, 5.74) is 5.62. The fourth-order valence-electron chi connectivity index (χ4n) is 3.09. The predicted molar refractivity (Wildman–Crippen MR) is 128 cm³/mol. The van der Waals surface area contributed by atoms with Crippen LogP contribution in [0.15, 0.2) is 29.8 Å².